The van der Waals surface area contributed by atoms with E-state index >= 15 is 0 Å². The van der Waals surface area contributed by atoms with Crippen LogP contribution in [0.4, 0.5) is 0 Å². The highest BCUT2D eigenvalue weighted by molar-refractivity contribution is 7.89. The lowest BCUT2D eigenvalue weighted by Crippen LogP contribution is -2.34. The van der Waals surface area contributed by atoms with Gasteiger partial charge in [0.15, 0.2) is 0 Å². The van der Waals surface area contributed by atoms with Gasteiger partial charge >= 0.3 is 0 Å². The fraction of sp³-hybridized carbons (Fsp3) is 0.667. The van der Waals surface area contributed by atoms with Gasteiger partial charge in [-0.25, -0.2) is 13.1 Å². The highest BCUT2D eigenvalue weighted by Gasteiger charge is 2.19. The Morgan fingerprint density at radius 2 is 2.00 bits per heavy atom. The normalized spacial score (nSPS) is 12.3. The molecule has 0 unspecified atom stereocenters. The van der Waals surface area contributed by atoms with Crippen LogP contribution < -0.4 is 10.5 Å². The van der Waals surface area contributed by atoms with Gasteiger partial charge in [0, 0.05) is 29.4 Å². The second-order valence-corrected chi connectivity index (χ2v) is 7.34. The van der Waals surface area contributed by atoms with E-state index in [0.29, 0.717) is 18.0 Å². The SMILES string of the molecule is CCN(CC)CCNS(=O)(=O)c1cc(CN)sc1C. The average Bonchev–Trinajstić information content (AvgIpc) is 2.77. The number of nitrogens with zero attached hydrogens (tertiary/aromatic N) is 1. The topological polar surface area (TPSA) is 75.4 Å². The van der Waals surface area contributed by atoms with E-state index < -0.39 is 10.0 Å². The molecule has 1 aromatic rings. The van der Waals surface area contributed by atoms with Crippen molar-refractivity contribution >= 4 is 21.4 Å². The minimum Gasteiger partial charge on any atom is -0.326 e. The van der Waals surface area contributed by atoms with Crippen molar-refractivity contribution in [1.82, 2.24) is 9.62 Å². The quantitative estimate of drug-likeness (QED) is 0.755. The van der Waals surface area contributed by atoms with Crippen LogP contribution in [-0.4, -0.2) is 39.5 Å². The van der Waals surface area contributed by atoms with Crippen LogP contribution in [0.15, 0.2) is 11.0 Å². The van der Waals surface area contributed by atoms with Crippen LogP contribution in [-0.2, 0) is 16.6 Å². The molecule has 110 valence electrons. The number of sulfonamides is 1. The molecule has 1 heterocycles. The number of rotatable bonds is 8. The van der Waals surface area contributed by atoms with Gasteiger partial charge in [0.2, 0.25) is 10.0 Å². The zero-order valence-corrected chi connectivity index (χ0v) is 13.4. The summed E-state index contributed by atoms with van der Waals surface area (Å²) in [5, 5.41) is 0. The molecule has 0 aliphatic carbocycles. The van der Waals surface area contributed by atoms with E-state index in [1.807, 2.05) is 6.92 Å². The Morgan fingerprint density at radius 1 is 1.37 bits per heavy atom. The van der Waals surface area contributed by atoms with Gasteiger partial charge in [-0.05, 0) is 26.1 Å². The van der Waals surface area contributed by atoms with Gasteiger partial charge in [0.25, 0.3) is 0 Å². The Kier molecular flexibility index (Phi) is 6.41. The summed E-state index contributed by atoms with van der Waals surface area (Å²) in [6, 6.07) is 1.67. The van der Waals surface area contributed by atoms with Gasteiger partial charge in [-0.1, -0.05) is 13.8 Å². The van der Waals surface area contributed by atoms with Crippen LogP contribution in [0.1, 0.15) is 23.6 Å². The fourth-order valence-corrected chi connectivity index (χ4v) is 4.38. The number of nitrogens with two attached hydrogens (primary N) is 1. The third-order valence-electron chi connectivity index (χ3n) is 3.03. The Balaban J connectivity index is 2.68. The molecule has 3 N–H and O–H groups in total. The Labute approximate surface area is 119 Å². The van der Waals surface area contributed by atoms with E-state index in [1.165, 1.54) is 11.3 Å². The zero-order chi connectivity index (χ0) is 14.5. The summed E-state index contributed by atoms with van der Waals surface area (Å²) in [5.41, 5.74) is 5.54. The molecular weight excluding hydrogens is 282 g/mol. The van der Waals surface area contributed by atoms with E-state index in [9.17, 15) is 8.42 Å². The summed E-state index contributed by atoms with van der Waals surface area (Å²) in [6.07, 6.45) is 0. The lowest BCUT2D eigenvalue weighted by Gasteiger charge is -2.17. The molecule has 1 rings (SSSR count). The minimum absolute atomic E-state index is 0.359. The van der Waals surface area contributed by atoms with Crippen LogP contribution in [0.25, 0.3) is 0 Å². The van der Waals surface area contributed by atoms with Gasteiger partial charge in [-0.15, -0.1) is 11.3 Å². The first-order chi connectivity index (χ1) is 8.94. The van der Waals surface area contributed by atoms with Crippen molar-refractivity contribution in [3.8, 4) is 0 Å². The smallest absolute Gasteiger partial charge is 0.241 e. The third kappa shape index (κ3) is 4.54. The van der Waals surface area contributed by atoms with Gasteiger partial charge in [-0.3, -0.25) is 0 Å². The predicted octanol–water partition coefficient (Wildman–Crippen LogP) is 1.14. The summed E-state index contributed by atoms with van der Waals surface area (Å²) in [6.45, 7) is 9.31. The van der Waals surface area contributed by atoms with Crippen molar-refractivity contribution < 1.29 is 8.42 Å². The summed E-state index contributed by atoms with van der Waals surface area (Å²) >= 11 is 1.44. The summed E-state index contributed by atoms with van der Waals surface area (Å²) in [5.74, 6) is 0. The predicted molar refractivity (Wildman–Crippen MR) is 79.9 cm³/mol. The van der Waals surface area contributed by atoms with Crippen LogP contribution in [0.5, 0.6) is 0 Å². The van der Waals surface area contributed by atoms with Crippen LogP contribution in [0, 0.1) is 6.92 Å². The molecule has 5 nitrogen and oxygen atoms in total. The van der Waals surface area contributed by atoms with Crippen LogP contribution in [0.3, 0.4) is 0 Å². The summed E-state index contributed by atoms with van der Waals surface area (Å²) in [7, 11) is -3.41. The van der Waals surface area contributed by atoms with Crippen molar-refractivity contribution in [2.24, 2.45) is 5.73 Å². The largest absolute Gasteiger partial charge is 0.326 e. The monoisotopic (exact) mass is 305 g/mol. The molecule has 0 atom stereocenters. The van der Waals surface area contributed by atoms with E-state index in [4.69, 9.17) is 5.73 Å². The number of aryl methyl sites for hydroxylation is 1. The van der Waals surface area contributed by atoms with Gasteiger partial charge < -0.3 is 10.6 Å². The summed E-state index contributed by atoms with van der Waals surface area (Å²) < 4.78 is 27.0. The van der Waals surface area contributed by atoms with E-state index in [-0.39, 0.29) is 0 Å². The molecular formula is C12H23N3O2S2. The van der Waals surface area contributed by atoms with Crippen molar-refractivity contribution in [3.05, 3.63) is 15.8 Å². The van der Waals surface area contributed by atoms with E-state index in [0.717, 1.165) is 29.4 Å². The Morgan fingerprint density at radius 3 is 2.47 bits per heavy atom. The van der Waals surface area contributed by atoms with Crippen molar-refractivity contribution in [1.29, 1.82) is 0 Å². The third-order valence-corrected chi connectivity index (χ3v) is 5.82. The van der Waals surface area contributed by atoms with Gasteiger partial charge in [-0.2, -0.15) is 0 Å². The van der Waals surface area contributed by atoms with Crippen LogP contribution in [0.2, 0.25) is 0 Å². The van der Waals surface area contributed by atoms with E-state index in [1.54, 1.807) is 6.07 Å². The molecule has 0 amide bonds. The maximum absolute atomic E-state index is 12.2. The van der Waals surface area contributed by atoms with Crippen molar-refractivity contribution in [3.63, 3.8) is 0 Å². The maximum atomic E-state index is 12.2. The number of hydrogen-bond acceptors (Lipinski definition) is 5. The van der Waals surface area contributed by atoms with Crippen molar-refractivity contribution in [2.75, 3.05) is 26.2 Å². The van der Waals surface area contributed by atoms with Gasteiger partial charge in [0.05, 0.1) is 4.90 Å². The molecule has 0 saturated carbocycles. The molecule has 0 bridgehead atoms. The first-order valence-corrected chi connectivity index (χ1v) is 8.76. The average molecular weight is 305 g/mol. The first kappa shape index (κ1) is 16.6. The highest BCUT2D eigenvalue weighted by atomic mass is 32.2. The molecule has 0 spiro atoms. The summed E-state index contributed by atoms with van der Waals surface area (Å²) in [4.78, 5) is 4.21. The molecule has 0 aliphatic rings. The molecule has 7 heteroatoms. The number of hydrogen-bond donors (Lipinski definition) is 2. The number of thiophene rings is 1. The molecule has 1 aromatic heterocycles. The molecule has 0 fully saturated rings. The standard InChI is InChI=1S/C12H23N3O2S2/c1-4-15(5-2)7-6-14-19(16,17)12-8-11(9-13)18-10(12)3/h8,14H,4-7,9,13H2,1-3H3. The molecule has 0 aromatic carbocycles. The Bertz CT molecular complexity index is 493. The van der Waals surface area contributed by atoms with Crippen LogP contribution >= 0.6 is 11.3 Å². The Hall–Kier alpha value is -0.470. The molecule has 0 saturated heterocycles. The minimum atomic E-state index is -3.41. The molecule has 0 radical (unpaired) electrons. The lowest BCUT2D eigenvalue weighted by molar-refractivity contribution is 0.309. The van der Waals surface area contributed by atoms with E-state index in [2.05, 4.69) is 23.5 Å². The van der Waals surface area contributed by atoms with Crippen molar-refractivity contribution in [2.45, 2.75) is 32.2 Å². The molecule has 19 heavy (non-hydrogen) atoms. The zero-order valence-electron chi connectivity index (χ0n) is 11.8. The first-order valence-electron chi connectivity index (χ1n) is 6.46. The second-order valence-electron chi connectivity index (χ2n) is 4.26. The fourth-order valence-electron chi connectivity index (χ4n) is 1.85. The second kappa shape index (κ2) is 7.35. The number of nitrogens with one attached hydrogen (secondary N) is 1. The highest BCUT2D eigenvalue weighted by Crippen LogP contribution is 2.25. The number of likely N-dealkylation sites (N-methyl/N-ethyl adjacent to an activating group) is 1. The maximum Gasteiger partial charge on any atom is 0.241 e. The van der Waals surface area contributed by atoms with Gasteiger partial charge in [0.1, 0.15) is 0 Å². The lowest BCUT2D eigenvalue weighted by atomic mass is 10.4. The molecule has 0 aliphatic heterocycles.